The van der Waals surface area contributed by atoms with Gasteiger partial charge in [-0.05, 0) is 71.7 Å². The number of likely N-dealkylation sites (tertiary alicyclic amines) is 1. The molecule has 1 aliphatic carbocycles. The molecule has 4 aromatic rings. The molecule has 5 nitrogen and oxygen atoms in total. The van der Waals surface area contributed by atoms with Crippen molar-refractivity contribution in [2.75, 3.05) is 6.54 Å². The highest BCUT2D eigenvalue weighted by molar-refractivity contribution is 9.10. The lowest BCUT2D eigenvalue weighted by Crippen LogP contribution is -2.49. The molecule has 2 aliphatic rings. The number of benzene rings is 3. The van der Waals surface area contributed by atoms with Crippen molar-refractivity contribution in [3.63, 3.8) is 0 Å². The molecule has 0 spiro atoms. The molecule has 0 bridgehead atoms. The van der Waals surface area contributed by atoms with Gasteiger partial charge in [-0.1, -0.05) is 82.1 Å². The minimum atomic E-state index is -0.916. The van der Waals surface area contributed by atoms with Crippen molar-refractivity contribution >= 4 is 56.5 Å². The Morgan fingerprint density at radius 1 is 0.902 bits per heavy atom. The summed E-state index contributed by atoms with van der Waals surface area (Å²) in [6.45, 7) is 0.557. The van der Waals surface area contributed by atoms with Crippen LogP contribution in [0.1, 0.15) is 56.0 Å². The molecule has 4 unspecified atom stereocenters. The van der Waals surface area contributed by atoms with Gasteiger partial charge in [0, 0.05) is 27.5 Å². The zero-order valence-electron chi connectivity index (χ0n) is 22.1. The Bertz CT molecular complexity index is 1560. The van der Waals surface area contributed by atoms with E-state index < -0.39 is 23.9 Å². The van der Waals surface area contributed by atoms with E-state index in [0.29, 0.717) is 27.9 Å². The number of carbonyl (C=O) groups is 3. The van der Waals surface area contributed by atoms with Crippen LogP contribution in [0.3, 0.4) is 0 Å². The zero-order valence-corrected chi connectivity index (χ0v) is 25.2. The number of hydrogen-bond donors (Lipinski definition) is 1. The van der Waals surface area contributed by atoms with Crippen LogP contribution < -0.4 is 5.32 Å². The second-order valence-corrected chi connectivity index (χ2v) is 13.0. The van der Waals surface area contributed by atoms with E-state index in [0.717, 1.165) is 28.4 Å². The number of Topliss-reactive ketones (excluding diaryl/α,β-unsaturated/α-hetero) is 1. The van der Waals surface area contributed by atoms with Crippen molar-refractivity contribution in [2.45, 2.75) is 30.8 Å². The lowest BCUT2D eigenvalue weighted by atomic mass is 9.77. The fraction of sp³-hybridized carbons (Fsp3) is 0.242. The molecule has 1 aliphatic heterocycles. The Morgan fingerprint density at radius 3 is 2.32 bits per heavy atom. The van der Waals surface area contributed by atoms with E-state index in [1.165, 1.54) is 11.3 Å². The summed E-state index contributed by atoms with van der Waals surface area (Å²) in [6.07, 6.45) is 2.16. The summed E-state index contributed by atoms with van der Waals surface area (Å²) in [7, 11) is 0. The van der Waals surface area contributed by atoms with Gasteiger partial charge in [0.2, 0.25) is 5.91 Å². The maximum atomic E-state index is 14.5. The molecular weight excluding hydrogens is 620 g/mol. The fourth-order valence-corrected chi connectivity index (χ4v) is 7.12. The predicted octanol–water partition coefficient (Wildman–Crippen LogP) is 7.54. The van der Waals surface area contributed by atoms with Crippen LogP contribution in [0.2, 0.25) is 5.02 Å². The smallest absolute Gasteiger partial charge is 0.255 e. The van der Waals surface area contributed by atoms with E-state index in [9.17, 15) is 14.4 Å². The lowest BCUT2D eigenvalue weighted by Gasteiger charge is -2.32. The zero-order chi connectivity index (χ0) is 28.5. The van der Waals surface area contributed by atoms with Gasteiger partial charge >= 0.3 is 0 Å². The SMILES string of the molecule is O=C(c1cccs1)C1C(c2ccc(Cl)cc2)C(C(=O)NCC2CC2)N(C(=O)c2cccc(Br)c2)C1c1ccccc1. The molecule has 6 rings (SSSR count). The van der Waals surface area contributed by atoms with Gasteiger partial charge in [-0.2, -0.15) is 0 Å². The van der Waals surface area contributed by atoms with E-state index in [2.05, 4.69) is 21.2 Å². The maximum Gasteiger partial charge on any atom is 0.255 e. The number of thiophene rings is 1. The van der Waals surface area contributed by atoms with Crippen molar-refractivity contribution in [3.8, 4) is 0 Å². The minimum absolute atomic E-state index is 0.0849. The largest absolute Gasteiger partial charge is 0.354 e. The Labute approximate surface area is 256 Å². The molecule has 2 heterocycles. The third-order valence-corrected chi connectivity index (χ3v) is 9.60. The number of nitrogens with one attached hydrogen (secondary N) is 1. The van der Waals surface area contributed by atoms with Gasteiger partial charge in [0.1, 0.15) is 6.04 Å². The summed E-state index contributed by atoms with van der Waals surface area (Å²) < 4.78 is 0.758. The topological polar surface area (TPSA) is 66.5 Å². The standard InChI is InChI=1S/C33H28BrClN2O3S/c34-24-9-4-8-23(18-24)33(40)37-29(22-6-2-1-3-7-22)28(31(38)26-10-5-17-41-26)27(21-13-15-25(35)16-14-21)30(37)32(39)36-19-20-11-12-20/h1-10,13-18,20,27-30H,11-12,19H2,(H,36,39). The van der Waals surface area contributed by atoms with Crippen LogP contribution in [-0.2, 0) is 4.79 Å². The van der Waals surface area contributed by atoms with Crippen molar-refractivity contribution in [1.82, 2.24) is 10.2 Å². The third-order valence-electron chi connectivity index (χ3n) is 7.97. The van der Waals surface area contributed by atoms with Gasteiger partial charge < -0.3 is 10.2 Å². The van der Waals surface area contributed by atoms with Gasteiger partial charge in [0.15, 0.2) is 5.78 Å². The number of rotatable bonds is 8. The Balaban J connectivity index is 1.57. The molecule has 1 saturated carbocycles. The molecule has 4 atom stereocenters. The summed E-state index contributed by atoms with van der Waals surface area (Å²) >= 11 is 11.1. The van der Waals surface area contributed by atoms with Gasteiger partial charge in [-0.25, -0.2) is 0 Å². The highest BCUT2D eigenvalue weighted by Gasteiger charge is 2.57. The fourth-order valence-electron chi connectivity index (χ4n) is 5.88. The molecule has 2 fully saturated rings. The van der Waals surface area contributed by atoms with E-state index in [-0.39, 0.29) is 17.6 Å². The van der Waals surface area contributed by atoms with Crippen LogP contribution in [0.4, 0.5) is 0 Å². The molecule has 2 amide bonds. The second-order valence-electron chi connectivity index (χ2n) is 10.7. The first kappa shape index (κ1) is 27.9. The second kappa shape index (κ2) is 11.9. The van der Waals surface area contributed by atoms with Crippen LogP contribution in [0.5, 0.6) is 0 Å². The molecule has 208 valence electrons. The monoisotopic (exact) mass is 646 g/mol. The Hall–Kier alpha value is -3.26. The van der Waals surface area contributed by atoms with Crippen LogP contribution in [0.25, 0.3) is 0 Å². The highest BCUT2D eigenvalue weighted by atomic mass is 79.9. The van der Waals surface area contributed by atoms with E-state index in [4.69, 9.17) is 11.6 Å². The third kappa shape index (κ3) is 5.76. The molecule has 0 radical (unpaired) electrons. The number of amides is 2. The molecule has 1 aromatic heterocycles. The number of halogens is 2. The van der Waals surface area contributed by atoms with Crippen LogP contribution in [0, 0.1) is 11.8 Å². The van der Waals surface area contributed by atoms with Gasteiger partial charge in [-0.3, -0.25) is 14.4 Å². The quantitative estimate of drug-likeness (QED) is 0.201. The molecular formula is C33H28BrClN2O3S. The first-order chi connectivity index (χ1) is 19.9. The molecule has 41 heavy (non-hydrogen) atoms. The average molecular weight is 648 g/mol. The first-order valence-corrected chi connectivity index (χ1v) is 15.7. The molecule has 1 saturated heterocycles. The molecule has 3 aromatic carbocycles. The number of hydrogen-bond acceptors (Lipinski definition) is 4. The summed E-state index contributed by atoms with van der Waals surface area (Å²) in [5, 5.41) is 5.57. The molecule has 1 N–H and O–H groups in total. The Morgan fingerprint density at radius 2 is 1.66 bits per heavy atom. The first-order valence-electron chi connectivity index (χ1n) is 13.7. The normalized spacial score (nSPS) is 22.0. The van der Waals surface area contributed by atoms with E-state index >= 15 is 0 Å². The van der Waals surface area contributed by atoms with Gasteiger partial charge in [0.05, 0.1) is 16.8 Å². The van der Waals surface area contributed by atoms with Gasteiger partial charge in [-0.15, -0.1) is 11.3 Å². The van der Waals surface area contributed by atoms with Gasteiger partial charge in [0.25, 0.3) is 5.91 Å². The van der Waals surface area contributed by atoms with Crippen LogP contribution >= 0.6 is 38.9 Å². The minimum Gasteiger partial charge on any atom is -0.354 e. The number of carbonyl (C=O) groups excluding carboxylic acids is 3. The van der Waals surface area contributed by atoms with E-state index in [1.54, 1.807) is 35.2 Å². The summed E-state index contributed by atoms with van der Waals surface area (Å²) in [5.74, 6) is -1.47. The highest BCUT2D eigenvalue weighted by Crippen LogP contribution is 2.52. The average Bonchev–Trinajstić information content (AvgIpc) is 3.52. The van der Waals surface area contributed by atoms with Crippen molar-refractivity contribution < 1.29 is 14.4 Å². The predicted molar refractivity (Wildman–Crippen MR) is 165 cm³/mol. The van der Waals surface area contributed by atoms with E-state index in [1.807, 2.05) is 66.0 Å². The van der Waals surface area contributed by atoms with Crippen molar-refractivity contribution in [3.05, 3.63) is 127 Å². The lowest BCUT2D eigenvalue weighted by molar-refractivity contribution is -0.125. The number of ketones is 1. The number of nitrogens with zero attached hydrogens (tertiary/aromatic N) is 1. The summed E-state index contributed by atoms with van der Waals surface area (Å²) in [5.41, 5.74) is 2.04. The van der Waals surface area contributed by atoms with Crippen LogP contribution in [0.15, 0.2) is 101 Å². The molecule has 8 heteroatoms. The maximum absolute atomic E-state index is 14.5. The van der Waals surface area contributed by atoms with Crippen molar-refractivity contribution in [2.24, 2.45) is 11.8 Å². The summed E-state index contributed by atoms with van der Waals surface area (Å²) in [4.78, 5) is 45.5. The van der Waals surface area contributed by atoms with Crippen LogP contribution in [-0.4, -0.2) is 35.1 Å². The Kier molecular flexibility index (Phi) is 8.11. The van der Waals surface area contributed by atoms with Crippen molar-refractivity contribution in [1.29, 1.82) is 0 Å². The summed E-state index contributed by atoms with van der Waals surface area (Å²) in [6, 6.07) is 26.1.